The number of benzene rings is 1. The molecule has 1 aromatic rings. The standard InChI is InChI=1S/C9H13NO4/c10-6(1-2-11)5-3-8(13)9(14)4-7(5)12/h3-4,6,11-14H,1-2,10H2/t6-/m0/s1. The van der Waals surface area contributed by atoms with Gasteiger partial charge < -0.3 is 26.2 Å². The molecule has 0 radical (unpaired) electrons. The molecule has 0 bridgehead atoms. The Kier molecular flexibility index (Phi) is 3.16. The molecule has 78 valence electrons. The topological polar surface area (TPSA) is 107 Å². The number of phenols is 3. The molecule has 0 heterocycles. The van der Waals surface area contributed by atoms with Gasteiger partial charge in [-0.25, -0.2) is 0 Å². The lowest BCUT2D eigenvalue weighted by Gasteiger charge is -2.13. The summed E-state index contributed by atoms with van der Waals surface area (Å²) in [5.74, 6) is -0.935. The quantitative estimate of drug-likeness (QED) is 0.353. The molecule has 0 aliphatic rings. The summed E-state index contributed by atoms with van der Waals surface area (Å²) in [4.78, 5) is 0. The van der Waals surface area contributed by atoms with Crippen LogP contribution in [0.15, 0.2) is 12.1 Å². The minimum Gasteiger partial charge on any atom is -0.507 e. The highest BCUT2D eigenvalue weighted by Gasteiger charge is 2.13. The van der Waals surface area contributed by atoms with Crippen molar-refractivity contribution in [2.75, 3.05) is 6.61 Å². The zero-order chi connectivity index (χ0) is 10.7. The molecule has 1 aromatic carbocycles. The van der Waals surface area contributed by atoms with E-state index < -0.39 is 11.8 Å². The monoisotopic (exact) mass is 199 g/mol. The lowest BCUT2D eigenvalue weighted by atomic mass is 10.0. The van der Waals surface area contributed by atoms with E-state index in [4.69, 9.17) is 21.1 Å². The highest BCUT2D eigenvalue weighted by Crippen LogP contribution is 2.35. The fraction of sp³-hybridized carbons (Fsp3) is 0.333. The number of aliphatic hydroxyl groups excluding tert-OH is 1. The van der Waals surface area contributed by atoms with Gasteiger partial charge in [0.1, 0.15) is 5.75 Å². The van der Waals surface area contributed by atoms with Gasteiger partial charge in [-0.15, -0.1) is 0 Å². The van der Waals surface area contributed by atoms with E-state index in [0.29, 0.717) is 5.56 Å². The average Bonchev–Trinajstić information content (AvgIpc) is 2.11. The van der Waals surface area contributed by atoms with Crippen molar-refractivity contribution in [1.29, 1.82) is 0 Å². The smallest absolute Gasteiger partial charge is 0.161 e. The van der Waals surface area contributed by atoms with Crippen molar-refractivity contribution in [1.82, 2.24) is 0 Å². The third-order valence-corrected chi connectivity index (χ3v) is 1.96. The zero-order valence-electron chi connectivity index (χ0n) is 7.51. The maximum absolute atomic E-state index is 9.38. The summed E-state index contributed by atoms with van der Waals surface area (Å²) in [6, 6.07) is 1.64. The van der Waals surface area contributed by atoms with Crippen LogP contribution in [0.2, 0.25) is 0 Å². The van der Waals surface area contributed by atoms with E-state index in [9.17, 15) is 5.11 Å². The van der Waals surface area contributed by atoms with Crippen LogP contribution in [0.25, 0.3) is 0 Å². The Labute approximate surface area is 81.0 Å². The SMILES string of the molecule is N[C@@H](CCO)c1cc(O)c(O)cc1O. The number of aromatic hydroxyl groups is 3. The van der Waals surface area contributed by atoms with Gasteiger partial charge in [-0.3, -0.25) is 0 Å². The summed E-state index contributed by atoms with van der Waals surface area (Å²) in [5.41, 5.74) is 5.91. The van der Waals surface area contributed by atoms with Crippen LogP contribution in [-0.4, -0.2) is 27.0 Å². The van der Waals surface area contributed by atoms with Crippen LogP contribution in [0.5, 0.6) is 17.2 Å². The summed E-state index contributed by atoms with van der Waals surface area (Å²) in [5, 5.41) is 36.2. The van der Waals surface area contributed by atoms with Gasteiger partial charge in [0, 0.05) is 24.3 Å². The van der Waals surface area contributed by atoms with E-state index in [1.165, 1.54) is 6.07 Å². The molecule has 0 aliphatic heterocycles. The predicted molar refractivity (Wildman–Crippen MR) is 50.1 cm³/mol. The van der Waals surface area contributed by atoms with Crippen LogP contribution in [0.3, 0.4) is 0 Å². The second kappa shape index (κ2) is 4.17. The van der Waals surface area contributed by atoms with E-state index in [0.717, 1.165) is 6.07 Å². The summed E-state index contributed by atoms with van der Waals surface area (Å²) in [6.45, 7) is -0.109. The summed E-state index contributed by atoms with van der Waals surface area (Å²) >= 11 is 0. The maximum atomic E-state index is 9.38. The molecule has 0 aliphatic carbocycles. The molecule has 0 spiro atoms. The van der Waals surface area contributed by atoms with Crippen molar-refractivity contribution in [2.45, 2.75) is 12.5 Å². The van der Waals surface area contributed by atoms with E-state index in [-0.39, 0.29) is 24.5 Å². The fourth-order valence-corrected chi connectivity index (χ4v) is 1.17. The van der Waals surface area contributed by atoms with Crippen LogP contribution in [-0.2, 0) is 0 Å². The number of rotatable bonds is 3. The van der Waals surface area contributed by atoms with E-state index in [1.54, 1.807) is 0 Å². The molecule has 6 N–H and O–H groups in total. The molecule has 0 saturated carbocycles. The largest absolute Gasteiger partial charge is 0.507 e. The van der Waals surface area contributed by atoms with Crippen molar-refractivity contribution in [3.63, 3.8) is 0 Å². The number of phenolic OH excluding ortho intramolecular Hbond substituents is 3. The van der Waals surface area contributed by atoms with Gasteiger partial charge in [-0.05, 0) is 12.5 Å². The van der Waals surface area contributed by atoms with E-state index in [1.807, 2.05) is 0 Å². The van der Waals surface area contributed by atoms with Crippen LogP contribution in [0, 0.1) is 0 Å². The minimum absolute atomic E-state index is 0.109. The molecule has 14 heavy (non-hydrogen) atoms. The van der Waals surface area contributed by atoms with Crippen LogP contribution in [0.1, 0.15) is 18.0 Å². The first kappa shape index (κ1) is 10.6. The Hall–Kier alpha value is -1.46. The number of aliphatic hydroxyl groups is 1. The van der Waals surface area contributed by atoms with E-state index >= 15 is 0 Å². The predicted octanol–water partition coefficient (Wildman–Crippen LogP) is 0.186. The third kappa shape index (κ3) is 2.07. The molecule has 5 heteroatoms. The lowest BCUT2D eigenvalue weighted by molar-refractivity contribution is 0.275. The van der Waals surface area contributed by atoms with Crippen LogP contribution in [0.4, 0.5) is 0 Å². The number of hydrogen-bond acceptors (Lipinski definition) is 5. The molecule has 0 unspecified atom stereocenters. The molecule has 1 rings (SSSR count). The average molecular weight is 199 g/mol. The molecule has 0 fully saturated rings. The van der Waals surface area contributed by atoms with Gasteiger partial charge in [0.25, 0.3) is 0 Å². The molecular weight excluding hydrogens is 186 g/mol. The van der Waals surface area contributed by atoms with Crippen molar-refractivity contribution < 1.29 is 20.4 Å². The van der Waals surface area contributed by atoms with Gasteiger partial charge in [0.15, 0.2) is 11.5 Å². The van der Waals surface area contributed by atoms with E-state index in [2.05, 4.69) is 0 Å². The summed E-state index contributed by atoms with van der Waals surface area (Å²) in [6.07, 6.45) is 0.276. The van der Waals surface area contributed by atoms with Crippen LogP contribution >= 0.6 is 0 Å². The highest BCUT2D eigenvalue weighted by atomic mass is 16.3. The fourth-order valence-electron chi connectivity index (χ4n) is 1.17. The molecule has 5 nitrogen and oxygen atoms in total. The third-order valence-electron chi connectivity index (χ3n) is 1.96. The first-order valence-electron chi connectivity index (χ1n) is 4.17. The Balaban J connectivity index is 3.02. The Morgan fingerprint density at radius 1 is 1.07 bits per heavy atom. The minimum atomic E-state index is -0.563. The highest BCUT2D eigenvalue weighted by molar-refractivity contribution is 5.49. The van der Waals surface area contributed by atoms with Gasteiger partial charge in [-0.2, -0.15) is 0 Å². The molecule has 1 atom stereocenters. The molecule has 0 saturated heterocycles. The zero-order valence-corrected chi connectivity index (χ0v) is 7.51. The maximum Gasteiger partial charge on any atom is 0.161 e. The van der Waals surface area contributed by atoms with Crippen molar-refractivity contribution in [3.05, 3.63) is 17.7 Å². The van der Waals surface area contributed by atoms with Crippen molar-refractivity contribution in [2.24, 2.45) is 5.73 Å². The first-order chi connectivity index (χ1) is 6.56. The van der Waals surface area contributed by atoms with Gasteiger partial charge in [-0.1, -0.05) is 0 Å². The van der Waals surface area contributed by atoms with Gasteiger partial charge in [0.05, 0.1) is 0 Å². The Morgan fingerprint density at radius 3 is 2.21 bits per heavy atom. The lowest BCUT2D eigenvalue weighted by Crippen LogP contribution is -2.11. The second-order valence-electron chi connectivity index (χ2n) is 3.02. The van der Waals surface area contributed by atoms with Gasteiger partial charge in [0.2, 0.25) is 0 Å². The first-order valence-corrected chi connectivity index (χ1v) is 4.17. The van der Waals surface area contributed by atoms with Crippen molar-refractivity contribution >= 4 is 0 Å². The normalized spacial score (nSPS) is 12.7. The Morgan fingerprint density at radius 2 is 1.64 bits per heavy atom. The Bertz CT molecular complexity index is 327. The summed E-state index contributed by atoms with van der Waals surface area (Å²) < 4.78 is 0. The summed E-state index contributed by atoms with van der Waals surface area (Å²) in [7, 11) is 0. The number of hydrogen-bond donors (Lipinski definition) is 5. The molecular formula is C9H13NO4. The second-order valence-corrected chi connectivity index (χ2v) is 3.02. The molecule has 0 amide bonds. The van der Waals surface area contributed by atoms with Crippen molar-refractivity contribution in [3.8, 4) is 17.2 Å². The van der Waals surface area contributed by atoms with Crippen LogP contribution < -0.4 is 5.73 Å². The number of nitrogens with two attached hydrogens (primary N) is 1. The molecule has 0 aromatic heterocycles. The van der Waals surface area contributed by atoms with Gasteiger partial charge >= 0.3 is 0 Å².